The fourth-order valence-corrected chi connectivity index (χ4v) is 5.09. The summed E-state index contributed by atoms with van der Waals surface area (Å²) < 4.78 is 0. The van der Waals surface area contributed by atoms with E-state index in [0.717, 1.165) is 29.0 Å². The van der Waals surface area contributed by atoms with Gasteiger partial charge in [-0.2, -0.15) is 0 Å². The monoisotopic (exact) mass is 437 g/mol. The third-order valence-electron chi connectivity index (χ3n) is 5.34. The molecule has 4 rings (SSSR count). The van der Waals surface area contributed by atoms with Gasteiger partial charge in [-0.1, -0.05) is 35.9 Å². The Hall–Kier alpha value is -2.50. The standard InChI is InChI=1S/C24H24ClN3OS/c1-5-28-20-13-19(25)16(11-18(20)15(2)14-24(28,3)4)12-21-22(29)27-23(30-21)26-17-9-7-6-8-10-17/h6-14H,5H2,1-4H3,(H,26,27,29)/b21-12+. The smallest absolute Gasteiger partial charge is 0.264 e. The molecule has 6 heteroatoms. The van der Waals surface area contributed by atoms with Crippen LogP contribution in [0.25, 0.3) is 11.6 Å². The molecule has 1 fully saturated rings. The zero-order valence-corrected chi connectivity index (χ0v) is 19.1. The van der Waals surface area contributed by atoms with Crippen LogP contribution in [0.5, 0.6) is 0 Å². The number of rotatable bonds is 3. The molecule has 0 saturated carbocycles. The van der Waals surface area contributed by atoms with Gasteiger partial charge < -0.3 is 10.2 Å². The molecule has 0 atom stereocenters. The molecule has 1 saturated heterocycles. The van der Waals surface area contributed by atoms with Crippen LogP contribution in [0.3, 0.4) is 0 Å². The molecule has 1 N–H and O–H groups in total. The quantitative estimate of drug-likeness (QED) is 0.577. The average molecular weight is 438 g/mol. The van der Waals surface area contributed by atoms with Gasteiger partial charge in [0.1, 0.15) is 0 Å². The topological polar surface area (TPSA) is 44.7 Å². The highest BCUT2D eigenvalue weighted by Gasteiger charge is 2.31. The molecule has 0 bridgehead atoms. The number of amides is 1. The van der Waals surface area contributed by atoms with E-state index in [1.54, 1.807) is 0 Å². The molecule has 2 aromatic carbocycles. The minimum Gasteiger partial charge on any atom is -0.363 e. The molecule has 154 valence electrons. The number of carbonyl (C=O) groups excluding carboxylic acids is 1. The van der Waals surface area contributed by atoms with Gasteiger partial charge in [0.05, 0.1) is 16.1 Å². The maximum absolute atomic E-state index is 12.5. The molecule has 1 amide bonds. The summed E-state index contributed by atoms with van der Waals surface area (Å²) >= 11 is 7.98. The second-order valence-electron chi connectivity index (χ2n) is 7.93. The van der Waals surface area contributed by atoms with E-state index in [4.69, 9.17) is 11.6 Å². The van der Waals surface area contributed by atoms with E-state index in [9.17, 15) is 4.79 Å². The van der Waals surface area contributed by atoms with E-state index < -0.39 is 0 Å². The highest BCUT2D eigenvalue weighted by Crippen LogP contribution is 2.42. The van der Waals surface area contributed by atoms with Gasteiger partial charge >= 0.3 is 0 Å². The number of anilines is 1. The van der Waals surface area contributed by atoms with Crippen molar-refractivity contribution in [1.82, 2.24) is 5.32 Å². The lowest BCUT2D eigenvalue weighted by atomic mass is 9.88. The number of allylic oxidation sites excluding steroid dienone is 1. The first-order valence-corrected chi connectivity index (χ1v) is 11.1. The van der Waals surface area contributed by atoms with E-state index >= 15 is 0 Å². The molecule has 2 aromatic rings. The Morgan fingerprint density at radius 3 is 2.67 bits per heavy atom. The van der Waals surface area contributed by atoms with Crippen LogP contribution in [0.15, 0.2) is 58.4 Å². The third-order valence-corrected chi connectivity index (χ3v) is 6.57. The summed E-state index contributed by atoms with van der Waals surface area (Å²) in [5.41, 5.74) is 5.05. The fraction of sp³-hybridized carbons (Fsp3) is 0.250. The second-order valence-corrected chi connectivity index (χ2v) is 9.37. The summed E-state index contributed by atoms with van der Waals surface area (Å²) in [6.45, 7) is 9.58. The second kappa shape index (κ2) is 7.97. The number of hydrogen-bond acceptors (Lipinski definition) is 4. The van der Waals surface area contributed by atoms with Crippen molar-refractivity contribution < 1.29 is 4.79 Å². The van der Waals surface area contributed by atoms with Gasteiger partial charge in [0.15, 0.2) is 5.17 Å². The van der Waals surface area contributed by atoms with Crippen LogP contribution in [0.2, 0.25) is 5.02 Å². The minimum absolute atomic E-state index is 0.0703. The lowest BCUT2D eigenvalue weighted by Gasteiger charge is -2.43. The predicted molar refractivity (Wildman–Crippen MR) is 129 cm³/mol. The summed E-state index contributed by atoms with van der Waals surface area (Å²) in [4.78, 5) is 19.9. The molecule has 30 heavy (non-hydrogen) atoms. The largest absolute Gasteiger partial charge is 0.363 e. The van der Waals surface area contributed by atoms with Gasteiger partial charge in [-0.15, -0.1) is 0 Å². The molecule has 4 nitrogen and oxygen atoms in total. The van der Waals surface area contributed by atoms with E-state index in [1.165, 1.54) is 17.3 Å². The van der Waals surface area contributed by atoms with E-state index in [1.807, 2.05) is 42.5 Å². The number of carbonyl (C=O) groups is 1. The Labute approximate surface area is 186 Å². The summed E-state index contributed by atoms with van der Waals surface area (Å²) in [5.74, 6) is -0.160. The molecule has 0 unspecified atom stereocenters. The number of likely N-dealkylation sites (N-methyl/N-ethyl adjacent to an activating group) is 1. The Bertz CT molecular complexity index is 1100. The predicted octanol–water partition coefficient (Wildman–Crippen LogP) is 6.25. The number of thioether (sulfide) groups is 1. The number of nitrogens with zero attached hydrogens (tertiary/aromatic N) is 2. The van der Waals surface area contributed by atoms with Crippen LogP contribution < -0.4 is 10.2 Å². The lowest BCUT2D eigenvalue weighted by molar-refractivity contribution is -0.115. The highest BCUT2D eigenvalue weighted by molar-refractivity contribution is 8.18. The molecule has 0 radical (unpaired) electrons. The van der Waals surface area contributed by atoms with Gasteiger partial charge in [0, 0.05) is 22.8 Å². The zero-order chi connectivity index (χ0) is 21.5. The van der Waals surface area contributed by atoms with Crippen LogP contribution in [0, 0.1) is 0 Å². The summed E-state index contributed by atoms with van der Waals surface area (Å²) in [5, 5.41) is 4.04. The van der Waals surface area contributed by atoms with Crippen molar-refractivity contribution in [3.63, 3.8) is 0 Å². The summed E-state index contributed by atoms with van der Waals surface area (Å²) in [6.07, 6.45) is 4.13. The van der Waals surface area contributed by atoms with Gasteiger partial charge in [0.2, 0.25) is 0 Å². The number of halogens is 1. The molecular formula is C24H24ClN3OS. The van der Waals surface area contributed by atoms with Crippen molar-refractivity contribution in [2.75, 3.05) is 11.4 Å². The van der Waals surface area contributed by atoms with Crippen molar-refractivity contribution in [3.05, 3.63) is 69.6 Å². The third kappa shape index (κ3) is 3.92. The Morgan fingerprint density at radius 1 is 1.23 bits per heavy atom. The Balaban J connectivity index is 1.69. The van der Waals surface area contributed by atoms with Crippen molar-refractivity contribution in [2.24, 2.45) is 4.99 Å². The van der Waals surface area contributed by atoms with Crippen molar-refractivity contribution >= 4 is 57.5 Å². The maximum atomic E-state index is 12.5. The summed E-state index contributed by atoms with van der Waals surface area (Å²) in [6, 6.07) is 13.7. The van der Waals surface area contributed by atoms with Crippen molar-refractivity contribution in [3.8, 4) is 0 Å². The number of amidine groups is 1. The lowest BCUT2D eigenvalue weighted by Crippen LogP contribution is -2.44. The number of nitrogens with one attached hydrogen (secondary N) is 1. The average Bonchev–Trinajstić information content (AvgIpc) is 3.02. The van der Waals surface area contributed by atoms with Gasteiger partial charge in [-0.25, -0.2) is 4.99 Å². The highest BCUT2D eigenvalue weighted by atomic mass is 35.5. The number of fused-ring (bicyclic) bond motifs is 1. The molecule has 2 aliphatic heterocycles. The van der Waals surface area contributed by atoms with E-state index in [2.05, 4.69) is 55.0 Å². The summed E-state index contributed by atoms with van der Waals surface area (Å²) in [7, 11) is 0. The van der Waals surface area contributed by atoms with E-state index in [0.29, 0.717) is 15.1 Å². The zero-order valence-electron chi connectivity index (χ0n) is 17.5. The fourth-order valence-electron chi connectivity index (χ4n) is 4.04. The first-order chi connectivity index (χ1) is 14.3. The Kier molecular flexibility index (Phi) is 5.51. The number of para-hydroxylation sites is 1. The molecule has 2 aliphatic rings. The normalized spacial score (nSPS) is 20.4. The number of aliphatic imine (C=N–C) groups is 1. The molecule has 0 aromatic heterocycles. The van der Waals surface area contributed by atoms with Crippen LogP contribution >= 0.6 is 23.4 Å². The van der Waals surface area contributed by atoms with Crippen LogP contribution in [0.4, 0.5) is 11.4 Å². The van der Waals surface area contributed by atoms with Crippen molar-refractivity contribution in [2.45, 2.75) is 33.2 Å². The van der Waals surface area contributed by atoms with Crippen LogP contribution in [-0.2, 0) is 4.79 Å². The van der Waals surface area contributed by atoms with Crippen molar-refractivity contribution in [1.29, 1.82) is 0 Å². The number of hydrogen-bond donors (Lipinski definition) is 1. The van der Waals surface area contributed by atoms with Crippen LogP contribution in [-0.4, -0.2) is 23.2 Å². The maximum Gasteiger partial charge on any atom is 0.264 e. The van der Waals surface area contributed by atoms with Gasteiger partial charge in [-0.05, 0) is 80.9 Å². The SMILES string of the molecule is CCN1c2cc(Cl)c(/C=C3/SC(=Nc4ccccc4)NC3=O)cc2C(C)=CC1(C)C. The molecule has 0 spiro atoms. The first-order valence-electron chi connectivity index (χ1n) is 9.94. The van der Waals surface area contributed by atoms with E-state index in [-0.39, 0.29) is 11.4 Å². The van der Waals surface area contributed by atoms with Gasteiger partial charge in [-0.3, -0.25) is 4.79 Å². The van der Waals surface area contributed by atoms with Gasteiger partial charge in [0.25, 0.3) is 5.91 Å². The van der Waals surface area contributed by atoms with Crippen LogP contribution in [0.1, 0.15) is 38.8 Å². The molecular weight excluding hydrogens is 414 g/mol. The number of benzene rings is 2. The first kappa shape index (κ1) is 20.8. The minimum atomic E-state index is -0.160. The Morgan fingerprint density at radius 2 is 1.97 bits per heavy atom. The molecule has 0 aliphatic carbocycles. The molecule has 2 heterocycles.